The van der Waals surface area contributed by atoms with E-state index < -0.39 is 0 Å². The van der Waals surface area contributed by atoms with Gasteiger partial charge >= 0.3 is 6.03 Å². The van der Waals surface area contributed by atoms with E-state index in [1.165, 1.54) is 0 Å². The van der Waals surface area contributed by atoms with Crippen molar-refractivity contribution in [3.8, 4) is 28.4 Å². The predicted molar refractivity (Wildman–Crippen MR) is 133 cm³/mol. The Morgan fingerprint density at radius 3 is 2.88 bits per heavy atom. The average molecular weight is 478 g/mol. The van der Waals surface area contributed by atoms with Gasteiger partial charge in [-0.15, -0.1) is 11.3 Å². The zero-order valence-corrected chi connectivity index (χ0v) is 19.5. The fourth-order valence-electron chi connectivity index (χ4n) is 4.49. The number of imidazole rings is 1. The van der Waals surface area contributed by atoms with Crippen molar-refractivity contribution in [2.75, 3.05) is 25.0 Å². The molecule has 0 spiro atoms. The lowest BCUT2D eigenvalue weighted by molar-refractivity contribution is 0.176. The van der Waals surface area contributed by atoms with Crippen molar-refractivity contribution in [3.63, 3.8) is 0 Å². The summed E-state index contributed by atoms with van der Waals surface area (Å²) < 4.78 is 2.02. The summed E-state index contributed by atoms with van der Waals surface area (Å²) in [5.74, 6) is 1.39. The molecule has 1 aliphatic heterocycles. The normalized spacial score (nSPS) is 14.5. The van der Waals surface area contributed by atoms with E-state index >= 15 is 0 Å². The second-order valence-corrected chi connectivity index (χ2v) is 9.39. The van der Waals surface area contributed by atoms with Gasteiger partial charge in [-0.2, -0.15) is 0 Å². The number of phenols is 1. The zero-order valence-electron chi connectivity index (χ0n) is 18.7. The Bertz CT molecular complexity index is 1290. The first-order valence-corrected chi connectivity index (χ1v) is 12.3. The van der Waals surface area contributed by atoms with Gasteiger partial charge in [-0.3, -0.25) is 4.40 Å². The number of thiazole rings is 1. The summed E-state index contributed by atoms with van der Waals surface area (Å²) in [7, 11) is 0. The van der Waals surface area contributed by atoms with Crippen molar-refractivity contribution in [1.82, 2.24) is 24.3 Å². The maximum atomic E-state index is 11.3. The molecule has 9 nitrogen and oxygen atoms in total. The number of carbonyl (C=O) groups excluding carboxylic acids is 1. The van der Waals surface area contributed by atoms with Crippen molar-refractivity contribution in [2.45, 2.75) is 25.7 Å². The Kier molecular flexibility index (Phi) is 6.31. The van der Waals surface area contributed by atoms with Gasteiger partial charge in [0.2, 0.25) is 5.95 Å². The molecule has 1 fully saturated rings. The number of carbonyl (C=O) groups is 1. The number of amides is 2. The van der Waals surface area contributed by atoms with Crippen LogP contribution in [0.1, 0.15) is 25.7 Å². The molecular formula is C24H27N7O2S. The Morgan fingerprint density at radius 1 is 1.24 bits per heavy atom. The number of anilines is 1. The summed E-state index contributed by atoms with van der Waals surface area (Å²) in [6, 6.07) is 8.67. The minimum Gasteiger partial charge on any atom is -0.508 e. The number of nitrogens with two attached hydrogens (primary N) is 1. The molecule has 4 N–H and O–H groups in total. The van der Waals surface area contributed by atoms with Gasteiger partial charge in [-0.1, -0.05) is 12.1 Å². The van der Waals surface area contributed by atoms with E-state index in [0.29, 0.717) is 11.9 Å². The highest BCUT2D eigenvalue weighted by Gasteiger charge is 2.21. The maximum Gasteiger partial charge on any atom is 0.314 e. The van der Waals surface area contributed by atoms with E-state index in [1.807, 2.05) is 34.2 Å². The minimum absolute atomic E-state index is 0.199. The van der Waals surface area contributed by atoms with Crippen molar-refractivity contribution >= 4 is 28.3 Å². The number of piperidine rings is 1. The van der Waals surface area contributed by atoms with Gasteiger partial charge in [-0.05, 0) is 49.8 Å². The van der Waals surface area contributed by atoms with Crippen molar-refractivity contribution in [3.05, 3.63) is 48.1 Å². The number of fused-ring (bicyclic) bond motifs is 1. The number of likely N-dealkylation sites (tertiary alicyclic amines) is 1. The van der Waals surface area contributed by atoms with Gasteiger partial charge in [0.15, 0.2) is 4.96 Å². The van der Waals surface area contributed by atoms with Crippen LogP contribution in [0.15, 0.2) is 48.1 Å². The number of aromatic nitrogens is 4. The van der Waals surface area contributed by atoms with Gasteiger partial charge in [0.1, 0.15) is 11.4 Å². The molecule has 0 atom stereocenters. The van der Waals surface area contributed by atoms with Crippen LogP contribution in [0.5, 0.6) is 5.75 Å². The maximum absolute atomic E-state index is 11.3. The van der Waals surface area contributed by atoms with Gasteiger partial charge in [-0.25, -0.2) is 19.7 Å². The monoisotopic (exact) mass is 477 g/mol. The molecule has 10 heteroatoms. The van der Waals surface area contributed by atoms with E-state index in [4.69, 9.17) is 15.7 Å². The third kappa shape index (κ3) is 4.67. The summed E-state index contributed by atoms with van der Waals surface area (Å²) in [6.45, 7) is 2.28. The summed E-state index contributed by atoms with van der Waals surface area (Å²) >= 11 is 1.55. The molecule has 0 unspecified atom stereocenters. The highest BCUT2D eigenvalue weighted by Crippen LogP contribution is 2.34. The first-order chi connectivity index (χ1) is 16.6. The smallest absolute Gasteiger partial charge is 0.314 e. The molecule has 176 valence electrons. The number of nitrogens with one attached hydrogen (secondary N) is 1. The van der Waals surface area contributed by atoms with Crippen LogP contribution < -0.4 is 11.1 Å². The minimum atomic E-state index is -0.317. The SMILES string of the molecule is NC(=O)N1CCC(CCCNc2nccc(-c3c(-c4cccc(O)c4)nc4sccn34)n2)CC1. The first-order valence-electron chi connectivity index (χ1n) is 11.4. The van der Waals surface area contributed by atoms with Crippen molar-refractivity contribution in [1.29, 1.82) is 0 Å². The molecule has 34 heavy (non-hydrogen) atoms. The molecule has 5 rings (SSSR count). The van der Waals surface area contributed by atoms with Gasteiger partial charge in [0.25, 0.3) is 0 Å². The first kappa shape index (κ1) is 22.1. The molecule has 0 bridgehead atoms. The van der Waals surface area contributed by atoms with E-state index in [0.717, 1.165) is 72.9 Å². The molecule has 0 aliphatic carbocycles. The van der Waals surface area contributed by atoms with E-state index in [1.54, 1.807) is 34.6 Å². The summed E-state index contributed by atoms with van der Waals surface area (Å²) in [5.41, 5.74) is 8.61. The molecule has 1 aromatic carbocycles. The predicted octanol–water partition coefficient (Wildman–Crippen LogP) is 4.21. The molecule has 4 heterocycles. The average Bonchev–Trinajstić information content (AvgIpc) is 3.44. The van der Waals surface area contributed by atoms with Crippen LogP contribution in [0.3, 0.4) is 0 Å². The number of nitrogens with zero attached hydrogens (tertiary/aromatic N) is 5. The Morgan fingerprint density at radius 2 is 2.09 bits per heavy atom. The highest BCUT2D eigenvalue weighted by molar-refractivity contribution is 7.15. The lowest BCUT2D eigenvalue weighted by Gasteiger charge is -2.30. The van der Waals surface area contributed by atoms with Crippen molar-refractivity contribution in [2.24, 2.45) is 11.7 Å². The summed E-state index contributed by atoms with van der Waals surface area (Å²) in [5, 5.41) is 15.3. The van der Waals surface area contributed by atoms with E-state index in [-0.39, 0.29) is 11.8 Å². The van der Waals surface area contributed by atoms with Crippen molar-refractivity contribution < 1.29 is 9.90 Å². The molecule has 0 radical (unpaired) electrons. The lowest BCUT2D eigenvalue weighted by Crippen LogP contribution is -2.41. The Hall–Kier alpha value is -3.66. The van der Waals surface area contributed by atoms with E-state index in [2.05, 4.69) is 10.3 Å². The number of urea groups is 1. The zero-order chi connectivity index (χ0) is 23.5. The Labute approximate surface area is 201 Å². The summed E-state index contributed by atoms with van der Waals surface area (Å²) in [6.07, 6.45) is 7.84. The fraction of sp³-hybridized carbons (Fsp3) is 0.333. The van der Waals surface area contributed by atoms with Gasteiger partial charge < -0.3 is 21.1 Å². The molecule has 0 saturated carbocycles. The van der Waals surface area contributed by atoms with Crippen LogP contribution in [0, 0.1) is 5.92 Å². The van der Waals surface area contributed by atoms with Crippen LogP contribution in [-0.2, 0) is 0 Å². The number of benzene rings is 1. The summed E-state index contributed by atoms with van der Waals surface area (Å²) in [4.78, 5) is 27.8. The van der Waals surface area contributed by atoms with Gasteiger partial charge in [0.05, 0.1) is 11.4 Å². The van der Waals surface area contributed by atoms with Crippen LogP contribution >= 0.6 is 11.3 Å². The Balaban J connectivity index is 1.27. The number of aromatic hydroxyl groups is 1. The van der Waals surface area contributed by atoms with Crippen LogP contribution in [0.25, 0.3) is 27.6 Å². The fourth-order valence-corrected chi connectivity index (χ4v) is 5.21. The van der Waals surface area contributed by atoms with Crippen LogP contribution in [-0.4, -0.2) is 55.0 Å². The van der Waals surface area contributed by atoms with Crippen LogP contribution in [0.2, 0.25) is 0 Å². The third-order valence-electron chi connectivity index (χ3n) is 6.28. The lowest BCUT2D eigenvalue weighted by atomic mass is 9.92. The molecule has 3 aromatic heterocycles. The molecule has 1 saturated heterocycles. The molecule has 2 amide bonds. The second kappa shape index (κ2) is 9.68. The quantitative estimate of drug-likeness (QED) is 0.343. The number of primary amides is 1. The molecular weight excluding hydrogens is 450 g/mol. The van der Waals surface area contributed by atoms with Crippen LogP contribution in [0.4, 0.5) is 10.7 Å². The molecule has 4 aromatic rings. The second-order valence-electron chi connectivity index (χ2n) is 8.52. The topological polar surface area (TPSA) is 122 Å². The number of rotatable bonds is 7. The largest absolute Gasteiger partial charge is 0.508 e. The standard InChI is InChI=1S/C24H27N7O2S/c25-22(33)30-11-7-16(8-12-30)3-2-9-26-23-27-10-6-19(28-23)21-20(17-4-1-5-18(32)15-17)29-24-31(21)13-14-34-24/h1,4-6,10,13-16,32H,2-3,7-9,11-12H2,(H2,25,33)(H,26,27,28). The number of hydrogen-bond acceptors (Lipinski definition) is 7. The number of hydrogen-bond donors (Lipinski definition) is 3. The highest BCUT2D eigenvalue weighted by atomic mass is 32.1. The molecule has 1 aliphatic rings. The third-order valence-corrected chi connectivity index (χ3v) is 7.03. The van der Waals surface area contributed by atoms with Gasteiger partial charge in [0, 0.05) is 43.0 Å². The number of phenolic OH excluding ortho intramolecular Hbond substituents is 1. The van der Waals surface area contributed by atoms with E-state index in [9.17, 15) is 9.90 Å².